The predicted molar refractivity (Wildman–Crippen MR) is 99.1 cm³/mol. The van der Waals surface area contributed by atoms with Crippen LogP contribution >= 0.6 is 0 Å². The second kappa shape index (κ2) is 9.08. The Morgan fingerprint density at radius 3 is 2.32 bits per heavy atom. The van der Waals surface area contributed by atoms with Crippen LogP contribution in [-0.4, -0.2) is 45.7 Å². The molecule has 1 amide bonds. The van der Waals surface area contributed by atoms with Crippen LogP contribution in [0.25, 0.3) is 0 Å². The highest BCUT2D eigenvalue weighted by molar-refractivity contribution is 5.79. The van der Waals surface area contributed by atoms with E-state index in [0.29, 0.717) is 13.0 Å². The normalized spacial score (nSPS) is 11.9. The van der Waals surface area contributed by atoms with Gasteiger partial charge in [-0.2, -0.15) is 0 Å². The van der Waals surface area contributed by atoms with Crippen molar-refractivity contribution in [3.05, 3.63) is 59.7 Å². The Hall–Kier alpha value is -2.53. The topological polar surface area (TPSA) is 50.8 Å². The number of methoxy groups -OCH3 is 2. The van der Waals surface area contributed by atoms with Crippen molar-refractivity contribution in [2.45, 2.75) is 12.5 Å². The molecule has 0 bridgehead atoms. The van der Waals surface area contributed by atoms with Crippen molar-refractivity contribution in [3.8, 4) is 11.5 Å². The number of para-hydroxylation sites is 1. The number of benzene rings is 2. The number of nitrogens with zero attached hydrogens (tertiary/aromatic N) is 1. The summed E-state index contributed by atoms with van der Waals surface area (Å²) in [6.45, 7) is 0.535. The zero-order chi connectivity index (χ0) is 18.2. The number of hydrogen-bond acceptors (Lipinski definition) is 4. The molecule has 5 heteroatoms. The van der Waals surface area contributed by atoms with E-state index in [4.69, 9.17) is 9.47 Å². The number of carbonyl (C=O) groups is 1. The summed E-state index contributed by atoms with van der Waals surface area (Å²) in [5, 5.41) is 3.02. The van der Waals surface area contributed by atoms with E-state index in [0.717, 1.165) is 22.6 Å². The van der Waals surface area contributed by atoms with Gasteiger partial charge in [0.15, 0.2) is 0 Å². The number of ether oxygens (including phenoxy) is 2. The highest BCUT2D eigenvalue weighted by atomic mass is 16.5. The standard InChI is InChI=1S/C20H26N2O3/c1-22(2)18(15-9-11-17(24-3)12-10-15)14-21-20(23)13-16-7-5-6-8-19(16)25-4/h5-12,18H,13-14H2,1-4H3,(H,21,23). The molecule has 0 aliphatic heterocycles. The van der Waals surface area contributed by atoms with Gasteiger partial charge < -0.3 is 19.7 Å². The first kappa shape index (κ1) is 18.8. The Balaban J connectivity index is 1.99. The zero-order valence-electron chi connectivity index (χ0n) is 15.3. The number of carbonyl (C=O) groups excluding carboxylic acids is 1. The average molecular weight is 342 g/mol. The van der Waals surface area contributed by atoms with E-state index in [9.17, 15) is 4.79 Å². The molecule has 1 N–H and O–H groups in total. The van der Waals surface area contributed by atoms with Gasteiger partial charge in [-0.25, -0.2) is 0 Å². The molecule has 0 aliphatic rings. The molecule has 2 aromatic rings. The van der Waals surface area contributed by atoms with E-state index in [1.165, 1.54) is 0 Å². The van der Waals surface area contributed by atoms with Crippen molar-refractivity contribution in [2.24, 2.45) is 0 Å². The van der Waals surface area contributed by atoms with Gasteiger partial charge in [0.05, 0.1) is 26.7 Å². The number of nitrogens with one attached hydrogen (secondary N) is 1. The molecule has 134 valence electrons. The third-order valence-electron chi connectivity index (χ3n) is 4.16. The molecule has 0 radical (unpaired) electrons. The highest BCUT2D eigenvalue weighted by Gasteiger charge is 2.16. The van der Waals surface area contributed by atoms with Crippen LogP contribution in [0.1, 0.15) is 17.2 Å². The first-order chi connectivity index (χ1) is 12.0. The fraction of sp³-hybridized carbons (Fsp3) is 0.350. The Kier molecular flexibility index (Phi) is 6.83. The summed E-state index contributed by atoms with van der Waals surface area (Å²) in [6.07, 6.45) is 0.298. The minimum atomic E-state index is -0.0233. The minimum Gasteiger partial charge on any atom is -0.497 e. The monoisotopic (exact) mass is 342 g/mol. The van der Waals surface area contributed by atoms with Gasteiger partial charge in [-0.3, -0.25) is 4.79 Å². The van der Waals surface area contributed by atoms with Crippen LogP contribution in [-0.2, 0) is 11.2 Å². The molecular weight excluding hydrogens is 316 g/mol. The van der Waals surface area contributed by atoms with Crippen LogP contribution < -0.4 is 14.8 Å². The maximum Gasteiger partial charge on any atom is 0.224 e. The fourth-order valence-electron chi connectivity index (χ4n) is 2.72. The fourth-order valence-corrected chi connectivity index (χ4v) is 2.72. The van der Waals surface area contributed by atoms with Crippen molar-refractivity contribution < 1.29 is 14.3 Å². The second-order valence-corrected chi connectivity index (χ2v) is 6.05. The number of amides is 1. The summed E-state index contributed by atoms with van der Waals surface area (Å²) >= 11 is 0. The minimum absolute atomic E-state index is 0.0233. The average Bonchev–Trinajstić information content (AvgIpc) is 2.62. The van der Waals surface area contributed by atoms with Crippen LogP contribution in [0.4, 0.5) is 0 Å². The molecule has 5 nitrogen and oxygen atoms in total. The van der Waals surface area contributed by atoms with Gasteiger partial charge >= 0.3 is 0 Å². The highest BCUT2D eigenvalue weighted by Crippen LogP contribution is 2.21. The molecule has 1 atom stereocenters. The molecule has 2 rings (SSSR count). The van der Waals surface area contributed by atoms with Gasteiger partial charge in [0.2, 0.25) is 5.91 Å². The summed E-state index contributed by atoms with van der Waals surface area (Å²) < 4.78 is 10.5. The SMILES string of the molecule is COc1ccc(C(CNC(=O)Cc2ccccc2OC)N(C)C)cc1. The van der Waals surface area contributed by atoms with Gasteiger partial charge in [-0.1, -0.05) is 30.3 Å². The Bertz CT molecular complexity index is 684. The lowest BCUT2D eigenvalue weighted by molar-refractivity contribution is -0.120. The van der Waals surface area contributed by atoms with Gasteiger partial charge in [-0.05, 0) is 37.9 Å². The van der Waals surface area contributed by atoms with Gasteiger partial charge in [0, 0.05) is 12.1 Å². The summed E-state index contributed by atoms with van der Waals surface area (Å²) in [4.78, 5) is 14.4. The maximum absolute atomic E-state index is 12.3. The maximum atomic E-state index is 12.3. The van der Waals surface area contributed by atoms with Crippen molar-refractivity contribution in [1.82, 2.24) is 10.2 Å². The van der Waals surface area contributed by atoms with Gasteiger partial charge in [-0.15, -0.1) is 0 Å². The van der Waals surface area contributed by atoms with Crippen LogP contribution in [0.15, 0.2) is 48.5 Å². The molecule has 25 heavy (non-hydrogen) atoms. The quantitative estimate of drug-likeness (QED) is 0.801. The van der Waals surface area contributed by atoms with Crippen LogP contribution in [0.3, 0.4) is 0 Å². The third kappa shape index (κ3) is 5.22. The summed E-state index contributed by atoms with van der Waals surface area (Å²) in [5.74, 6) is 1.53. The lowest BCUT2D eigenvalue weighted by Gasteiger charge is -2.25. The first-order valence-corrected chi connectivity index (χ1v) is 8.24. The molecule has 0 spiro atoms. The largest absolute Gasteiger partial charge is 0.497 e. The molecule has 0 heterocycles. The lowest BCUT2D eigenvalue weighted by Crippen LogP contribution is -2.35. The van der Waals surface area contributed by atoms with E-state index in [-0.39, 0.29) is 11.9 Å². The number of hydrogen-bond donors (Lipinski definition) is 1. The molecule has 0 aliphatic carbocycles. The van der Waals surface area contributed by atoms with Crippen molar-refractivity contribution >= 4 is 5.91 Å². The molecular formula is C20H26N2O3. The first-order valence-electron chi connectivity index (χ1n) is 8.24. The smallest absolute Gasteiger partial charge is 0.224 e. The van der Waals surface area contributed by atoms with Gasteiger partial charge in [0.1, 0.15) is 11.5 Å². The van der Waals surface area contributed by atoms with E-state index in [2.05, 4.69) is 10.2 Å². The van der Waals surface area contributed by atoms with Crippen LogP contribution in [0.2, 0.25) is 0 Å². The van der Waals surface area contributed by atoms with Crippen molar-refractivity contribution in [1.29, 1.82) is 0 Å². The molecule has 1 unspecified atom stereocenters. The van der Waals surface area contributed by atoms with Crippen LogP contribution in [0.5, 0.6) is 11.5 Å². The van der Waals surface area contributed by atoms with Crippen molar-refractivity contribution in [2.75, 3.05) is 34.9 Å². The van der Waals surface area contributed by atoms with E-state index >= 15 is 0 Å². The molecule has 0 aromatic heterocycles. The Morgan fingerprint density at radius 1 is 1.04 bits per heavy atom. The summed E-state index contributed by atoms with van der Waals surface area (Å²) in [5.41, 5.74) is 2.01. The predicted octanol–water partition coefficient (Wildman–Crippen LogP) is 2.67. The number of rotatable bonds is 8. The Morgan fingerprint density at radius 2 is 1.72 bits per heavy atom. The zero-order valence-corrected chi connectivity index (χ0v) is 15.3. The summed E-state index contributed by atoms with van der Waals surface area (Å²) in [6, 6.07) is 15.6. The third-order valence-corrected chi connectivity index (χ3v) is 4.16. The molecule has 0 fully saturated rings. The van der Waals surface area contributed by atoms with E-state index in [1.807, 2.05) is 62.6 Å². The van der Waals surface area contributed by atoms with E-state index in [1.54, 1.807) is 14.2 Å². The van der Waals surface area contributed by atoms with E-state index < -0.39 is 0 Å². The lowest BCUT2D eigenvalue weighted by atomic mass is 10.1. The number of likely N-dealkylation sites (N-methyl/N-ethyl adjacent to an activating group) is 1. The van der Waals surface area contributed by atoms with Crippen molar-refractivity contribution in [3.63, 3.8) is 0 Å². The van der Waals surface area contributed by atoms with Gasteiger partial charge in [0.25, 0.3) is 0 Å². The van der Waals surface area contributed by atoms with Crippen LogP contribution in [0, 0.1) is 0 Å². The second-order valence-electron chi connectivity index (χ2n) is 6.05. The molecule has 2 aromatic carbocycles. The molecule has 0 saturated carbocycles. The molecule has 0 saturated heterocycles. The Labute approximate surface area is 149 Å². The summed E-state index contributed by atoms with van der Waals surface area (Å²) in [7, 11) is 7.27.